The Labute approximate surface area is 616 Å². The minimum Gasteiger partial charge on any atom is -0.436 e. The van der Waals surface area contributed by atoms with Crippen molar-refractivity contribution in [1.29, 1.82) is 0 Å². The normalized spacial score (nSPS) is 16.6. The first-order valence-corrected chi connectivity index (χ1v) is 34.0. The fraction of sp³-hybridized carbons (Fsp3) is 0.235. The Balaban J connectivity index is 0.000000223. The monoisotopic (exact) mass is 1440 g/mol. The molecule has 4 atom stereocenters. The maximum Gasteiger partial charge on any atom is 0.342 e. The van der Waals surface area contributed by atoms with Gasteiger partial charge in [0, 0.05) is 72.7 Å². The van der Waals surface area contributed by atoms with E-state index in [2.05, 4.69) is 33.7 Å². The van der Waals surface area contributed by atoms with Crippen LogP contribution in [0.3, 0.4) is 0 Å². The number of carbonyl (C=O) groups is 6. The number of esters is 2. The van der Waals surface area contributed by atoms with Gasteiger partial charge in [0.1, 0.15) is 13.2 Å². The van der Waals surface area contributed by atoms with Crippen LogP contribution in [0.4, 0.5) is 22.7 Å². The van der Waals surface area contributed by atoms with E-state index >= 15 is 0 Å². The number of thiophene rings is 2. The molecular formula is C81H72N8O14S2. The first kappa shape index (κ1) is 75.9. The predicted octanol–water partition coefficient (Wildman–Crippen LogP) is 10.3. The third-order valence-corrected chi connectivity index (χ3v) is 19.5. The van der Waals surface area contributed by atoms with E-state index in [1.54, 1.807) is 70.7 Å². The zero-order valence-corrected chi connectivity index (χ0v) is 59.5. The Bertz CT molecular complexity index is 5040. The van der Waals surface area contributed by atoms with Crippen molar-refractivity contribution >= 4 is 104 Å². The Kier molecular flexibility index (Phi) is 24.6. The first-order chi connectivity index (χ1) is 50.2. The van der Waals surface area contributed by atoms with E-state index in [-0.39, 0.29) is 32.5 Å². The molecule has 4 aliphatic heterocycles. The number of ether oxygens (including phenoxy) is 4. The van der Waals surface area contributed by atoms with Gasteiger partial charge in [0.15, 0.2) is 39.3 Å². The van der Waals surface area contributed by atoms with Crippen molar-refractivity contribution in [1.82, 2.24) is 0 Å². The van der Waals surface area contributed by atoms with E-state index in [4.69, 9.17) is 74.2 Å². The molecule has 0 spiro atoms. The third-order valence-electron chi connectivity index (χ3n) is 17.4. The minimum absolute atomic E-state index is 0. The zero-order valence-electron chi connectivity index (χ0n) is 57.8. The largest absolute Gasteiger partial charge is 0.436 e. The number of rotatable bonds is 20. The molecule has 532 valence electrons. The van der Waals surface area contributed by atoms with E-state index in [1.807, 2.05) is 131 Å². The molecule has 4 unspecified atom stereocenters. The average Bonchev–Trinajstić information content (AvgIpc) is 1.66. The second-order valence-corrected chi connectivity index (χ2v) is 26.0. The molecular weight excluding hydrogens is 1370 g/mol. The van der Waals surface area contributed by atoms with Crippen molar-refractivity contribution in [3.63, 3.8) is 0 Å². The lowest BCUT2D eigenvalue weighted by Gasteiger charge is -2.20. The van der Waals surface area contributed by atoms with Crippen LogP contribution in [0.5, 0.6) is 0 Å². The summed E-state index contributed by atoms with van der Waals surface area (Å²) >= 11 is 2.70. The van der Waals surface area contributed by atoms with Gasteiger partial charge in [-0.2, -0.15) is 0 Å². The van der Waals surface area contributed by atoms with E-state index < -0.39 is 75.1 Å². The SMILES string of the molecule is C.C#Cc1cc2c(s1)C(c1ccccc1C)=NC(COOCOCOC(=O)C1N=C(c3ccccc3C)c3sc(C#C)cc3N(C)C1=O)C(=O)N2C.C#Cc1ccc2c(c1)C(c1ccccc1C)=NC(COOCOCOC(=O)C1N=C(c3ccccc3C)c3cc(C#C)ccc3N(C)C1=O)C(=O)N2C. The summed E-state index contributed by atoms with van der Waals surface area (Å²) < 4.78 is 21.2. The average molecular weight is 1450 g/mol. The molecule has 0 saturated carbocycles. The van der Waals surface area contributed by atoms with Gasteiger partial charge in [-0.15, -0.1) is 48.4 Å². The van der Waals surface area contributed by atoms with Crippen LogP contribution in [-0.4, -0.2) is 151 Å². The molecule has 0 fully saturated rings. The van der Waals surface area contributed by atoms with Crippen molar-refractivity contribution in [2.75, 3.05) is 88.2 Å². The van der Waals surface area contributed by atoms with Gasteiger partial charge in [-0.1, -0.05) is 128 Å². The Morgan fingerprint density at radius 1 is 0.400 bits per heavy atom. The number of amides is 4. The highest BCUT2D eigenvalue weighted by molar-refractivity contribution is 7.16. The minimum atomic E-state index is -1.52. The fourth-order valence-electron chi connectivity index (χ4n) is 11.8. The van der Waals surface area contributed by atoms with Crippen molar-refractivity contribution in [2.24, 2.45) is 20.0 Å². The Morgan fingerprint density at radius 2 is 0.733 bits per heavy atom. The van der Waals surface area contributed by atoms with E-state index in [0.717, 1.165) is 49.4 Å². The highest BCUT2D eigenvalue weighted by atomic mass is 32.1. The standard InChI is InChI=1S/C42H36N4O7.C38H32N4O7S2.CH4/c1-7-28-17-19-35-32(21-28)37(30-15-11-9-13-26(30)3)43-34(40(47)45(35)5)23-52-53-25-50-24-51-42(49)39-41(48)46(6)36-20-18-29(8-2)22-33(36)38(44-39)31-16-12-10-14-27(31)4;1-7-24-17-29-34(50-24)31(26-15-11-9-13-22(26)3)39-28(36(43)41(29)5)19-48-49-21-46-20-47-38(45)33-37(44)42(6)30-18-25(8-2)51-35(30)32(40-33)27-16-12-10-14-23(27)4;/h1-2,9-22,34,39H,23-25H2,3-6H3;1-2,9-18,28,33H,19-21H2,3-6H3;1H4. The molecule has 0 bridgehead atoms. The molecule has 105 heavy (non-hydrogen) atoms. The molecule has 0 N–H and O–H groups in total. The Morgan fingerprint density at radius 3 is 1.12 bits per heavy atom. The Hall–Kier alpha value is -11.8. The molecule has 0 saturated heterocycles. The number of terminal acetylenes is 4. The highest BCUT2D eigenvalue weighted by Gasteiger charge is 2.40. The summed E-state index contributed by atoms with van der Waals surface area (Å²) in [7, 11) is 6.45. The van der Waals surface area contributed by atoms with Gasteiger partial charge >= 0.3 is 11.9 Å². The van der Waals surface area contributed by atoms with Gasteiger partial charge in [-0.25, -0.2) is 29.1 Å². The molecule has 8 aromatic rings. The number of hydrogen-bond acceptors (Lipinski definition) is 20. The summed E-state index contributed by atoms with van der Waals surface area (Å²) in [5.41, 5.74) is 14.1. The predicted molar refractivity (Wildman–Crippen MR) is 404 cm³/mol. The summed E-state index contributed by atoms with van der Waals surface area (Å²) in [5.74, 6) is 6.91. The summed E-state index contributed by atoms with van der Waals surface area (Å²) in [4.78, 5) is 129. The lowest BCUT2D eigenvalue weighted by atomic mass is 9.95. The second kappa shape index (κ2) is 34.0. The molecule has 4 amide bonds. The molecule has 24 heteroatoms. The number of fused-ring (bicyclic) bond motifs is 4. The smallest absolute Gasteiger partial charge is 0.342 e. The van der Waals surface area contributed by atoms with Crippen LogP contribution in [0.2, 0.25) is 0 Å². The van der Waals surface area contributed by atoms with Crippen LogP contribution in [0.1, 0.15) is 93.7 Å². The number of benzodiazepines with no additional fused rings is 2. The maximum absolute atomic E-state index is 13.5. The summed E-state index contributed by atoms with van der Waals surface area (Å²) in [6.07, 6.45) is 22.7. The highest BCUT2D eigenvalue weighted by Crippen LogP contribution is 2.39. The molecule has 2 aromatic heterocycles. The van der Waals surface area contributed by atoms with Gasteiger partial charge in [-0.3, -0.25) is 39.1 Å². The number of benzene rings is 6. The second-order valence-electron chi connectivity index (χ2n) is 23.9. The van der Waals surface area contributed by atoms with E-state index in [9.17, 15) is 28.8 Å². The number of likely N-dealkylation sites (N-methyl/N-ethyl adjacent to an activating group) is 4. The van der Waals surface area contributed by atoms with Gasteiger partial charge in [-0.05, 0) is 98.5 Å². The van der Waals surface area contributed by atoms with Gasteiger partial charge in [0.25, 0.3) is 23.6 Å². The van der Waals surface area contributed by atoms with Gasteiger partial charge in [0.05, 0.1) is 65.1 Å². The summed E-state index contributed by atoms with van der Waals surface area (Å²) in [6, 6.07) is 39.8. The molecule has 6 heterocycles. The number of nitrogens with zero attached hydrogens (tertiary/aromatic N) is 8. The van der Waals surface area contributed by atoms with Crippen LogP contribution in [0.15, 0.2) is 166 Å². The van der Waals surface area contributed by atoms with Gasteiger partial charge in [0.2, 0.25) is 12.1 Å². The van der Waals surface area contributed by atoms with E-state index in [1.165, 1.54) is 42.3 Å². The number of aliphatic imine (C=N–C) groups is 4. The number of aryl methyl sites for hydroxylation is 4. The summed E-state index contributed by atoms with van der Waals surface area (Å²) in [5, 5.41) is 0. The lowest BCUT2D eigenvalue weighted by molar-refractivity contribution is -0.343. The number of hydrogen-bond donors (Lipinski definition) is 0. The summed E-state index contributed by atoms with van der Waals surface area (Å²) in [6.45, 7) is 5.29. The fourth-order valence-corrected chi connectivity index (χ4v) is 13.8. The van der Waals surface area contributed by atoms with Crippen LogP contribution in [0.25, 0.3) is 0 Å². The van der Waals surface area contributed by atoms with Crippen LogP contribution >= 0.6 is 22.7 Å². The first-order valence-electron chi connectivity index (χ1n) is 32.3. The van der Waals surface area contributed by atoms with Crippen molar-refractivity contribution in [2.45, 2.75) is 59.3 Å². The molecule has 4 aliphatic rings. The quantitative estimate of drug-likeness (QED) is 0.0131. The zero-order chi connectivity index (χ0) is 73.9. The van der Waals surface area contributed by atoms with Gasteiger partial charge < -0.3 is 38.5 Å². The van der Waals surface area contributed by atoms with Crippen molar-refractivity contribution < 1.29 is 67.3 Å². The topological polar surface area (TPSA) is 239 Å². The number of anilines is 4. The van der Waals surface area contributed by atoms with Crippen molar-refractivity contribution in [3.8, 4) is 49.4 Å². The molecule has 0 radical (unpaired) electrons. The maximum atomic E-state index is 13.5. The molecule has 0 aliphatic carbocycles. The molecule has 22 nitrogen and oxygen atoms in total. The van der Waals surface area contributed by atoms with Crippen molar-refractivity contribution in [3.05, 3.63) is 232 Å². The molecule has 12 rings (SSSR count). The number of carbonyl (C=O) groups excluding carboxylic acids is 6. The molecule has 6 aromatic carbocycles. The van der Waals surface area contributed by atoms with Crippen LogP contribution < -0.4 is 19.6 Å². The lowest BCUT2D eigenvalue weighted by Crippen LogP contribution is -2.40. The van der Waals surface area contributed by atoms with Crippen LogP contribution in [-0.2, 0) is 67.3 Å². The third kappa shape index (κ3) is 16.4. The van der Waals surface area contributed by atoms with E-state index in [0.29, 0.717) is 82.5 Å². The van der Waals surface area contributed by atoms with Crippen LogP contribution in [0, 0.1) is 77.1 Å².